The van der Waals surface area contributed by atoms with E-state index in [1.54, 1.807) is 6.07 Å². The van der Waals surface area contributed by atoms with Crippen molar-refractivity contribution in [3.8, 4) is 5.75 Å². The van der Waals surface area contributed by atoms with Crippen molar-refractivity contribution < 1.29 is 5.11 Å². The Bertz CT molecular complexity index is 492. The van der Waals surface area contributed by atoms with Gasteiger partial charge < -0.3 is 10.9 Å². The van der Waals surface area contributed by atoms with Crippen LogP contribution in [0.2, 0.25) is 0 Å². The maximum Gasteiger partial charge on any atom is 0.125 e. The summed E-state index contributed by atoms with van der Waals surface area (Å²) in [6, 6.07) is 11.3. The summed E-state index contributed by atoms with van der Waals surface area (Å²) in [4.78, 5) is 0. The molecule has 3 heteroatoms. The van der Waals surface area contributed by atoms with E-state index in [-0.39, 0.29) is 5.75 Å². The highest BCUT2D eigenvalue weighted by Gasteiger charge is 2.03. The second-order valence-corrected chi connectivity index (χ2v) is 3.00. The number of hydrogen-bond acceptors (Lipinski definition) is 3. The quantitative estimate of drug-likeness (QED) is 0.405. The lowest BCUT2D eigenvalue weighted by Gasteiger charge is -2.03. The third-order valence-electron chi connectivity index (χ3n) is 2.15. The number of benzene rings is 2. The number of phenolic OH excluding ortho intramolecular Hbond substituents is 1. The van der Waals surface area contributed by atoms with Crippen LogP contribution in [0, 0.1) is 0 Å². The zero-order chi connectivity index (χ0) is 9.97. The average molecular weight is 186 g/mol. The zero-order valence-electron chi connectivity index (χ0n) is 7.51. The highest BCUT2D eigenvalue weighted by Crippen LogP contribution is 2.25. The topological polar surface area (TPSA) is 58.6 Å². The third-order valence-corrected chi connectivity index (χ3v) is 2.15. The summed E-state index contributed by atoms with van der Waals surface area (Å²) in [6.07, 6.45) is 1.46. The summed E-state index contributed by atoms with van der Waals surface area (Å²) in [5, 5.41) is 15.0. The van der Waals surface area contributed by atoms with Gasteiger partial charge in [0.15, 0.2) is 0 Å². The third kappa shape index (κ3) is 1.29. The van der Waals surface area contributed by atoms with E-state index in [9.17, 15) is 5.11 Å². The van der Waals surface area contributed by atoms with Crippen molar-refractivity contribution >= 4 is 17.0 Å². The van der Waals surface area contributed by atoms with Crippen molar-refractivity contribution in [1.29, 1.82) is 0 Å². The molecule has 2 rings (SSSR count). The molecule has 0 aromatic heterocycles. The number of rotatable bonds is 1. The summed E-state index contributed by atoms with van der Waals surface area (Å²) in [5.41, 5.74) is 0.658. The first-order valence-electron chi connectivity index (χ1n) is 4.27. The van der Waals surface area contributed by atoms with Gasteiger partial charge in [-0.25, -0.2) is 0 Å². The summed E-state index contributed by atoms with van der Waals surface area (Å²) >= 11 is 0. The van der Waals surface area contributed by atoms with Crippen LogP contribution in [0.4, 0.5) is 0 Å². The molecule has 0 aliphatic heterocycles. The smallest absolute Gasteiger partial charge is 0.125 e. The van der Waals surface area contributed by atoms with Gasteiger partial charge in [-0.1, -0.05) is 30.3 Å². The van der Waals surface area contributed by atoms with Crippen LogP contribution in [0.3, 0.4) is 0 Å². The average Bonchev–Trinajstić information content (AvgIpc) is 2.23. The van der Waals surface area contributed by atoms with Crippen LogP contribution in [-0.4, -0.2) is 11.3 Å². The molecule has 2 aromatic rings. The molecule has 0 aliphatic rings. The molecular weight excluding hydrogens is 176 g/mol. The van der Waals surface area contributed by atoms with Crippen LogP contribution in [0.25, 0.3) is 10.8 Å². The number of hydrazone groups is 1. The van der Waals surface area contributed by atoms with E-state index in [1.165, 1.54) is 6.21 Å². The van der Waals surface area contributed by atoms with Gasteiger partial charge in [0.05, 0.1) is 6.21 Å². The Balaban J connectivity index is 2.82. The highest BCUT2D eigenvalue weighted by atomic mass is 16.3. The van der Waals surface area contributed by atoms with Gasteiger partial charge in [0.1, 0.15) is 5.75 Å². The van der Waals surface area contributed by atoms with Crippen molar-refractivity contribution in [3.63, 3.8) is 0 Å². The second kappa shape index (κ2) is 3.38. The largest absolute Gasteiger partial charge is 0.507 e. The SMILES string of the molecule is N/N=C/c1c(O)ccc2ccccc12. The highest BCUT2D eigenvalue weighted by molar-refractivity contribution is 6.02. The summed E-state index contributed by atoms with van der Waals surface area (Å²) in [5.74, 6) is 5.27. The maximum absolute atomic E-state index is 9.59. The summed E-state index contributed by atoms with van der Waals surface area (Å²) < 4.78 is 0. The van der Waals surface area contributed by atoms with E-state index in [4.69, 9.17) is 5.84 Å². The molecule has 0 saturated carbocycles. The number of nitrogens with zero attached hydrogens (tertiary/aromatic N) is 1. The number of hydrogen-bond donors (Lipinski definition) is 2. The molecule has 0 amide bonds. The van der Waals surface area contributed by atoms with Crippen LogP contribution in [0.15, 0.2) is 41.5 Å². The minimum Gasteiger partial charge on any atom is -0.507 e. The molecule has 0 saturated heterocycles. The lowest BCUT2D eigenvalue weighted by molar-refractivity contribution is 0.475. The van der Waals surface area contributed by atoms with Gasteiger partial charge in [-0.2, -0.15) is 5.10 Å². The standard InChI is InChI=1S/C11H10N2O/c12-13-7-10-9-4-2-1-3-8(9)5-6-11(10)14/h1-7,14H,12H2/b13-7+. The van der Waals surface area contributed by atoms with Crippen LogP contribution in [0.5, 0.6) is 5.75 Å². The van der Waals surface area contributed by atoms with E-state index in [0.717, 1.165) is 10.8 Å². The fourth-order valence-electron chi connectivity index (χ4n) is 1.49. The lowest BCUT2D eigenvalue weighted by atomic mass is 10.0. The molecule has 0 spiro atoms. The molecule has 0 heterocycles. The van der Waals surface area contributed by atoms with Crippen molar-refractivity contribution in [1.82, 2.24) is 0 Å². The molecule has 3 nitrogen and oxygen atoms in total. The van der Waals surface area contributed by atoms with E-state index in [1.807, 2.05) is 30.3 Å². The molecule has 14 heavy (non-hydrogen) atoms. The first-order chi connectivity index (χ1) is 6.83. The Morgan fingerprint density at radius 3 is 2.71 bits per heavy atom. The van der Waals surface area contributed by atoms with Crippen LogP contribution in [0.1, 0.15) is 5.56 Å². The van der Waals surface area contributed by atoms with Gasteiger partial charge in [-0.3, -0.25) is 0 Å². The molecular formula is C11H10N2O. The predicted octanol–water partition coefficient (Wildman–Crippen LogP) is 1.84. The maximum atomic E-state index is 9.59. The van der Waals surface area contributed by atoms with Gasteiger partial charge in [0.2, 0.25) is 0 Å². The Labute approximate surface area is 81.5 Å². The number of phenols is 1. The molecule has 0 unspecified atom stereocenters. The normalized spacial score (nSPS) is 11.1. The minimum absolute atomic E-state index is 0.193. The van der Waals surface area contributed by atoms with Crippen molar-refractivity contribution in [3.05, 3.63) is 42.0 Å². The molecule has 0 atom stereocenters. The second-order valence-electron chi connectivity index (χ2n) is 3.00. The van der Waals surface area contributed by atoms with Crippen molar-refractivity contribution in [2.45, 2.75) is 0 Å². The monoisotopic (exact) mass is 186 g/mol. The van der Waals surface area contributed by atoms with E-state index in [2.05, 4.69) is 5.10 Å². The predicted molar refractivity (Wildman–Crippen MR) is 57.4 cm³/mol. The van der Waals surface area contributed by atoms with Crippen LogP contribution in [-0.2, 0) is 0 Å². The van der Waals surface area contributed by atoms with Gasteiger partial charge in [-0.15, -0.1) is 0 Å². The van der Waals surface area contributed by atoms with Gasteiger partial charge >= 0.3 is 0 Å². The molecule has 3 N–H and O–H groups in total. The molecule has 0 aliphatic carbocycles. The van der Waals surface area contributed by atoms with E-state index in [0.29, 0.717) is 5.56 Å². The Morgan fingerprint density at radius 1 is 1.14 bits per heavy atom. The summed E-state index contributed by atoms with van der Waals surface area (Å²) in [6.45, 7) is 0. The minimum atomic E-state index is 0.193. The first kappa shape index (κ1) is 8.56. The zero-order valence-corrected chi connectivity index (χ0v) is 7.51. The molecule has 0 bridgehead atoms. The van der Waals surface area contributed by atoms with Gasteiger partial charge in [0, 0.05) is 5.56 Å². The molecule has 2 aromatic carbocycles. The van der Waals surface area contributed by atoms with Gasteiger partial charge in [0.25, 0.3) is 0 Å². The Morgan fingerprint density at radius 2 is 1.93 bits per heavy atom. The number of aromatic hydroxyl groups is 1. The fourth-order valence-corrected chi connectivity index (χ4v) is 1.49. The first-order valence-corrected chi connectivity index (χ1v) is 4.27. The number of nitrogens with two attached hydrogens (primary N) is 1. The van der Waals surface area contributed by atoms with Gasteiger partial charge in [-0.05, 0) is 16.8 Å². The van der Waals surface area contributed by atoms with Crippen molar-refractivity contribution in [2.24, 2.45) is 10.9 Å². The Kier molecular flexibility index (Phi) is 2.07. The van der Waals surface area contributed by atoms with Crippen LogP contribution >= 0.6 is 0 Å². The molecule has 0 radical (unpaired) electrons. The van der Waals surface area contributed by atoms with E-state index >= 15 is 0 Å². The molecule has 70 valence electrons. The lowest BCUT2D eigenvalue weighted by Crippen LogP contribution is -1.89. The molecule has 0 fully saturated rings. The Hall–Kier alpha value is -2.03. The fraction of sp³-hybridized carbons (Fsp3) is 0. The van der Waals surface area contributed by atoms with Crippen LogP contribution < -0.4 is 5.84 Å². The van der Waals surface area contributed by atoms with Crippen molar-refractivity contribution in [2.75, 3.05) is 0 Å². The number of fused-ring (bicyclic) bond motifs is 1. The summed E-state index contributed by atoms with van der Waals surface area (Å²) in [7, 11) is 0. The van der Waals surface area contributed by atoms with E-state index < -0.39 is 0 Å².